The van der Waals surface area contributed by atoms with Gasteiger partial charge in [-0.15, -0.1) is 0 Å². The summed E-state index contributed by atoms with van der Waals surface area (Å²) >= 11 is 0. The Morgan fingerprint density at radius 2 is 1.90 bits per heavy atom. The van der Waals surface area contributed by atoms with Gasteiger partial charge in [0.25, 0.3) is 0 Å². The molecule has 2 bridgehead atoms. The lowest BCUT2D eigenvalue weighted by atomic mass is 9.82. The van der Waals surface area contributed by atoms with Gasteiger partial charge in [0.1, 0.15) is 0 Å². The third-order valence-electron chi connectivity index (χ3n) is 4.99. The molecule has 2 heterocycles. The molecule has 1 saturated heterocycles. The van der Waals surface area contributed by atoms with Gasteiger partial charge in [-0.25, -0.2) is 0 Å². The smallest absolute Gasteiger partial charge is 0.222 e. The molecule has 1 fully saturated rings. The molecule has 0 aromatic carbocycles. The third-order valence-corrected chi connectivity index (χ3v) is 4.99. The molecular weight excluding hydrogens is 254 g/mol. The van der Waals surface area contributed by atoms with Crippen LogP contribution in [0.1, 0.15) is 51.9 Å². The molecule has 3 rings (SSSR count). The van der Waals surface area contributed by atoms with Gasteiger partial charge >= 0.3 is 0 Å². The van der Waals surface area contributed by atoms with E-state index in [4.69, 9.17) is 0 Å². The monoisotopic (exact) mass is 277 g/mol. The minimum atomic E-state index is -0.974. The van der Waals surface area contributed by atoms with Gasteiger partial charge in [-0.2, -0.15) is 0 Å². The maximum atomic E-state index is 12.3. The van der Waals surface area contributed by atoms with Gasteiger partial charge in [0, 0.05) is 25.9 Å². The molecule has 110 valence electrons. The van der Waals surface area contributed by atoms with Gasteiger partial charge in [-0.3, -0.25) is 9.59 Å². The Morgan fingerprint density at radius 1 is 1.20 bits per heavy atom. The molecule has 3 aliphatic rings. The van der Waals surface area contributed by atoms with Crippen LogP contribution in [-0.4, -0.2) is 40.4 Å². The molecule has 0 radical (unpaired) electrons. The van der Waals surface area contributed by atoms with Crippen LogP contribution in [0.2, 0.25) is 0 Å². The van der Waals surface area contributed by atoms with E-state index in [9.17, 15) is 14.7 Å². The molecule has 0 saturated carbocycles. The van der Waals surface area contributed by atoms with E-state index in [-0.39, 0.29) is 24.0 Å². The van der Waals surface area contributed by atoms with Crippen molar-refractivity contribution in [3.8, 4) is 0 Å². The highest BCUT2D eigenvalue weighted by Gasteiger charge is 2.44. The number of hydrogen-bond donors (Lipinski definition) is 1. The van der Waals surface area contributed by atoms with Gasteiger partial charge < -0.3 is 10.0 Å². The number of nitrogens with zero attached hydrogens (tertiary/aromatic N) is 1. The maximum absolute atomic E-state index is 12.3. The average molecular weight is 277 g/mol. The fourth-order valence-electron chi connectivity index (χ4n) is 4.13. The van der Waals surface area contributed by atoms with Crippen LogP contribution >= 0.6 is 0 Å². The Morgan fingerprint density at radius 3 is 2.65 bits per heavy atom. The lowest BCUT2D eigenvalue weighted by molar-refractivity contribution is -0.132. The number of carbonyl (C=O) groups excluding carboxylic acids is 2. The molecule has 1 N–H and O–H groups in total. The van der Waals surface area contributed by atoms with E-state index in [1.165, 1.54) is 0 Å². The van der Waals surface area contributed by atoms with Crippen LogP contribution < -0.4 is 0 Å². The minimum absolute atomic E-state index is 0.119. The topological polar surface area (TPSA) is 57.6 Å². The number of aliphatic hydroxyl groups is 1. The molecule has 0 unspecified atom stereocenters. The number of rotatable bonds is 0. The Hall–Kier alpha value is -1.16. The molecule has 4 heteroatoms. The lowest BCUT2D eigenvalue weighted by Crippen LogP contribution is -2.38. The molecule has 1 aliphatic carbocycles. The Kier molecular flexibility index (Phi) is 3.44. The predicted octanol–water partition coefficient (Wildman–Crippen LogP) is 1.82. The molecule has 2 aliphatic heterocycles. The van der Waals surface area contributed by atoms with Crippen LogP contribution in [0.3, 0.4) is 0 Å². The zero-order valence-electron chi connectivity index (χ0n) is 12.2. The second-order valence-electron chi connectivity index (χ2n) is 6.69. The Labute approximate surface area is 119 Å². The summed E-state index contributed by atoms with van der Waals surface area (Å²) in [7, 11) is 0. The fraction of sp³-hybridized carbons (Fsp3) is 0.750. The molecule has 0 aromatic rings. The van der Waals surface area contributed by atoms with Crippen LogP contribution in [0, 0.1) is 5.92 Å². The first-order valence-electron chi connectivity index (χ1n) is 7.75. The van der Waals surface area contributed by atoms with E-state index in [0.29, 0.717) is 19.3 Å². The molecule has 0 spiro atoms. The van der Waals surface area contributed by atoms with Gasteiger partial charge in [-0.1, -0.05) is 6.92 Å². The van der Waals surface area contributed by atoms with Crippen LogP contribution in [-0.2, 0) is 9.59 Å². The highest BCUT2D eigenvalue weighted by atomic mass is 16.3. The summed E-state index contributed by atoms with van der Waals surface area (Å²) in [6.07, 6.45) is 4.42. The van der Waals surface area contributed by atoms with E-state index in [1.807, 2.05) is 11.8 Å². The van der Waals surface area contributed by atoms with Crippen LogP contribution in [0.25, 0.3) is 0 Å². The molecule has 20 heavy (non-hydrogen) atoms. The number of allylic oxidation sites excluding steroid dienone is 1. The van der Waals surface area contributed by atoms with E-state index < -0.39 is 5.60 Å². The summed E-state index contributed by atoms with van der Waals surface area (Å²) in [5, 5.41) is 11.0. The van der Waals surface area contributed by atoms with Gasteiger partial charge in [0.2, 0.25) is 5.91 Å². The number of Topliss-reactive ketones (excluding diaryl/α,β-unsaturated/α-hetero) is 1. The van der Waals surface area contributed by atoms with Crippen molar-refractivity contribution in [3.05, 3.63) is 11.1 Å². The first-order chi connectivity index (χ1) is 9.49. The third kappa shape index (κ3) is 2.30. The number of amides is 1. The minimum Gasteiger partial charge on any atom is -0.385 e. The van der Waals surface area contributed by atoms with E-state index >= 15 is 0 Å². The van der Waals surface area contributed by atoms with Crippen molar-refractivity contribution in [1.82, 2.24) is 4.90 Å². The first-order valence-corrected chi connectivity index (χ1v) is 7.75. The second kappa shape index (κ2) is 4.99. The van der Waals surface area contributed by atoms with Crippen molar-refractivity contribution < 1.29 is 14.7 Å². The lowest BCUT2D eigenvalue weighted by Gasteiger charge is -2.32. The maximum Gasteiger partial charge on any atom is 0.222 e. The summed E-state index contributed by atoms with van der Waals surface area (Å²) in [5.74, 6) is 0.460. The van der Waals surface area contributed by atoms with Crippen molar-refractivity contribution in [2.45, 2.75) is 57.5 Å². The van der Waals surface area contributed by atoms with Gasteiger partial charge in [0.15, 0.2) is 5.78 Å². The van der Waals surface area contributed by atoms with Crippen molar-refractivity contribution in [2.75, 3.05) is 13.1 Å². The van der Waals surface area contributed by atoms with Crippen molar-refractivity contribution >= 4 is 11.7 Å². The standard InChI is InChI=1S/C16H23NO3/c1-11-8-15(19)17-6-2-4-12-13(5-3-7-17)16(20,9-11)10-14(12)18/h11,20H,2-10H2,1H3/t11-,16+/m0/s1. The van der Waals surface area contributed by atoms with E-state index in [0.717, 1.165) is 43.5 Å². The number of hydrogen-bond acceptors (Lipinski definition) is 3. The van der Waals surface area contributed by atoms with Gasteiger partial charge in [0.05, 0.1) is 5.60 Å². The van der Waals surface area contributed by atoms with Crippen molar-refractivity contribution in [2.24, 2.45) is 5.92 Å². The highest BCUT2D eigenvalue weighted by Crippen LogP contribution is 2.43. The summed E-state index contributed by atoms with van der Waals surface area (Å²) in [4.78, 5) is 26.5. The highest BCUT2D eigenvalue weighted by molar-refractivity contribution is 6.00. The number of carbonyl (C=O) groups is 2. The van der Waals surface area contributed by atoms with Gasteiger partial charge in [-0.05, 0) is 49.2 Å². The average Bonchev–Trinajstić information content (AvgIpc) is 2.64. The summed E-state index contributed by atoms with van der Waals surface area (Å²) < 4.78 is 0. The molecule has 2 atom stereocenters. The molecule has 4 nitrogen and oxygen atoms in total. The largest absolute Gasteiger partial charge is 0.385 e. The van der Waals surface area contributed by atoms with Crippen LogP contribution in [0.15, 0.2) is 11.1 Å². The summed E-state index contributed by atoms with van der Waals surface area (Å²) in [6, 6.07) is 0. The summed E-state index contributed by atoms with van der Waals surface area (Å²) in [6.45, 7) is 3.51. The van der Waals surface area contributed by atoms with Crippen molar-refractivity contribution in [1.29, 1.82) is 0 Å². The quantitative estimate of drug-likeness (QED) is 0.735. The molecule has 1 amide bonds. The van der Waals surface area contributed by atoms with E-state index in [2.05, 4.69) is 0 Å². The summed E-state index contributed by atoms with van der Waals surface area (Å²) in [5.41, 5.74) is 0.889. The van der Waals surface area contributed by atoms with Crippen LogP contribution in [0.5, 0.6) is 0 Å². The Balaban J connectivity index is 2.02. The number of ketones is 1. The SMILES string of the molecule is C[C@H]1CC(=O)N2CCCC3=C(CCC2)[C@](O)(CC3=O)C1. The zero-order chi connectivity index (χ0) is 14.3. The number of fused-ring (bicyclic) bond motifs is 3. The molecular formula is C16H23NO3. The molecule has 0 aromatic heterocycles. The van der Waals surface area contributed by atoms with Crippen molar-refractivity contribution in [3.63, 3.8) is 0 Å². The van der Waals surface area contributed by atoms with Crippen LogP contribution in [0.4, 0.5) is 0 Å². The predicted molar refractivity (Wildman–Crippen MR) is 75.0 cm³/mol. The fourth-order valence-corrected chi connectivity index (χ4v) is 4.13. The Bertz CT molecular complexity index is 482. The zero-order valence-corrected chi connectivity index (χ0v) is 12.2. The van der Waals surface area contributed by atoms with E-state index in [1.54, 1.807) is 0 Å². The first kappa shape index (κ1) is 13.8. The second-order valence-corrected chi connectivity index (χ2v) is 6.69. The normalized spacial score (nSPS) is 35.3.